The van der Waals surface area contributed by atoms with Crippen molar-refractivity contribution >= 4 is 39.2 Å². The minimum atomic E-state index is -0.239. The highest BCUT2D eigenvalue weighted by Crippen LogP contribution is 2.23. The SMILES string of the molecule is Cn1c(=NC(=O)CSc2nnc(-c3ccccc3)o2)sc2ccccc21. The molecule has 26 heavy (non-hydrogen) atoms. The summed E-state index contributed by atoms with van der Waals surface area (Å²) in [6, 6.07) is 17.5. The third-order valence-electron chi connectivity index (χ3n) is 3.68. The van der Waals surface area contributed by atoms with Gasteiger partial charge in [-0.1, -0.05) is 53.4 Å². The van der Waals surface area contributed by atoms with Gasteiger partial charge in [-0.2, -0.15) is 4.99 Å². The van der Waals surface area contributed by atoms with Gasteiger partial charge in [0.05, 0.1) is 16.0 Å². The summed E-state index contributed by atoms with van der Waals surface area (Å²) in [6.45, 7) is 0. The lowest BCUT2D eigenvalue weighted by molar-refractivity contribution is -0.115. The monoisotopic (exact) mass is 382 g/mol. The number of aryl methyl sites for hydroxylation is 1. The predicted octanol–water partition coefficient (Wildman–Crippen LogP) is 3.51. The number of carbonyl (C=O) groups excluding carboxylic acids is 1. The van der Waals surface area contributed by atoms with E-state index in [0.29, 0.717) is 15.9 Å². The Morgan fingerprint density at radius 1 is 1.15 bits per heavy atom. The summed E-state index contributed by atoms with van der Waals surface area (Å²) in [4.78, 5) is 17.1. The molecule has 0 radical (unpaired) electrons. The Bertz CT molecular complexity index is 1130. The first kappa shape index (κ1) is 16.7. The van der Waals surface area contributed by atoms with Crippen molar-refractivity contribution in [2.45, 2.75) is 5.22 Å². The number of fused-ring (bicyclic) bond motifs is 1. The van der Waals surface area contributed by atoms with Crippen LogP contribution in [0.1, 0.15) is 0 Å². The Morgan fingerprint density at radius 3 is 2.73 bits per heavy atom. The number of hydrogen-bond donors (Lipinski definition) is 0. The van der Waals surface area contributed by atoms with Crippen LogP contribution in [0.3, 0.4) is 0 Å². The number of thiazole rings is 1. The molecule has 8 heteroatoms. The molecule has 0 aliphatic heterocycles. The fourth-order valence-corrected chi connectivity index (χ4v) is 4.00. The number of nitrogens with zero attached hydrogens (tertiary/aromatic N) is 4. The molecule has 4 rings (SSSR count). The lowest BCUT2D eigenvalue weighted by atomic mass is 10.2. The van der Waals surface area contributed by atoms with E-state index in [1.165, 1.54) is 23.1 Å². The van der Waals surface area contributed by atoms with Crippen molar-refractivity contribution in [3.05, 3.63) is 59.4 Å². The topological polar surface area (TPSA) is 73.3 Å². The maximum absolute atomic E-state index is 12.2. The normalized spacial score (nSPS) is 12.0. The van der Waals surface area contributed by atoms with Gasteiger partial charge in [0.1, 0.15) is 0 Å². The Balaban J connectivity index is 1.47. The highest BCUT2D eigenvalue weighted by molar-refractivity contribution is 7.99. The molecule has 2 heterocycles. The lowest BCUT2D eigenvalue weighted by Gasteiger charge is -1.94. The van der Waals surface area contributed by atoms with E-state index in [2.05, 4.69) is 15.2 Å². The number of para-hydroxylation sites is 1. The Kier molecular flexibility index (Phi) is 4.68. The molecule has 0 spiro atoms. The van der Waals surface area contributed by atoms with Crippen molar-refractivity contribution in [3.8, 4) is 11.5 Å². The van der Waals surface area contributed by atoms with Crippen LogP contribution < -0.4 is 4.80 Å². The maximum atomic E-state index is 12.2. The fourth-order valence-electron chi connectivity index (χ4n) is 2.42. The molecule has 0 unspecified atom stereocenters. The quantitative estimate of drug-likeness (QED) is 0.505. The average Bonchev–Trinajstić information content (AvgIpc) is 3.27. The van der Waals surface area contributed by atoms with Gasteiger partial charge in [-0.25, -0.2) is 0 Å². The number of carbonyl (C=O) groups is 1. The van der Waals surface area contributed by atoms with E-state index >= 15 is 0 Å². The molecule has 2 aromatic heterocycles. The van der Waals surface area contributed by atoms with Crippen LogP contribution in [0.2, 0.25) is 0 Å². The smallest absolute Gasteiger partial charge is 0.277 e. The summed E-state index contributed by atoms with van der Waals surface area (Å²) < 4.78 is 8.60. The second-order valence-electron chi connectivity index (χ2n) is 5.44. The molecule has 0 atom stereocenters. The van der Waals surface area contributed by atoms with Crippen LogP contribution in [0.4, 0.5) is 0 Å². The van der Waals surface area contributed by atoms with Crippen molar-refractivity contribution in [1.82, 2.24) is 14.8 Å². The molecular formula is C18H14N4O2S2. The standard InChI is InChI=1S/C18H14N4O2S2/c1-22-13-9-5-6-10-14(13)26-17(22)19-15(23)11-25-18-21-20-16(24-18)12-7-3-2-4-8-12/h2-10H,11H2,1H3. The van der Waals surface area contributed by atoms with Crippen LogP contribution in [0.25, 0.3) is 21.7 Å². The molecule has 0 bridgehead atoms. The fraction of sp³-hybridized carbons (Fsp3) is 0.111. The molecule has 1 amide bonds. The van der Waals surface area contributed by atoms with Gasteiger partial charge in [0, 0.05) is 12.6 Å². The molecule has 0 N–H and O–H groups in total. The third-order valence-corrected chi connectivity index (χ3v) is 5.60. The minimum absolute atomic E-state index is 0.144. The summed E-state index contributed by atoms with van der Waals surface area (Å²) in [5, 5.41) is 8.34. The lowest BCUT2D eigenvalue weighted by Crippen LogP contribution is -2.14. The summed E-state index contributed by atoms with van der Waals surface area (Å²) >= 11 is 2.68. The average molecular weight is 382 g/mol. The van der Waals surface area contributed by atoms with E-state index in [9.17, 15) is 4.79 Å². The number of rotatable bonds is 4. The van der Waals surface area contributed by atoms with Gasteiger partial charge in [-0.05, 0) is 24.3 Å². The van der Waals surface area contributed by atoms with Gasteiger partial charge in [0.15, 0.2) is 4.80 Å². The van der Waals surface area contributed by atoms with Crippen molar-refractivity contribution in [3.63, 3.8) is 0 Å². The zero-order valence-corrected chi connectivity index (χ0v) is 15.5. The van der Waals surface area contributed by atoms with E-state index in [4.69, 9.17) is 4.42 Å². The number of benzene rings is 2. The predicted molar refractivity (Wildman–Crippen MR) is 102 cm³/mol. The number of hydrogen-bond acceptors (Lipinski definition) is 6. The molecule has 130 valence electrons. The number of thioether (sulfide) groups is 1. The Hall–Kier alpha value is -2.71. The molecule has 0 saturated heterocycles. The molecular weight excluding hydrogens is 368 g/mol. The maximum Gasteiger partial charge on any atom is 0.277 e. The molecule has 0 saturated carbocycles. The first-order chi connectivity index (χ1) is 12.7. The Morgan fingerprint density at radius 2 is 1.92 bits per heavy atom. The number of aromatic nitrogens is 3. The number of amides is 1. The van der Waals surface area contributed by atoms with Crippen LogP contribution in [-0.2, 0) is 11.8 Å². The highest BCUT2D eigenvalue weighted by Gasteiger charge is 2.11. The molecule has 0 aliphatic carbocycles. The van der Waals surface area contributed by atoms with Gasteiger partial charge >= 0.3 is 0 Å². The minimum Gasteiger partial charge on any atom is -0.411 e. The molecule has 4 aromatic rings. The highest BCUT2D eigenvalue weighted by atomic mass is 32.2. The van der Waals surface area contributed by atoms with Crippen molar-refractivity contribution in [2.75, 3.05) is 5.75 Å². The van der Waals surface area contributed by atoms with Crippen molar-refractivity contribution in [2.24, 2.45) is 12.0 Å². The summed E-state index contributed by atoms with van der Waals surface area (Å²) in [6.07, 6.45) is 0. The van der Waals surface area contributed by atoms with E-state index in [0.717, 1.165) is 15.8 Å². The largest absolute Gasteiger partial charge is 0.411 e. The van der Waals surface area contributed by atoms with Crippen LogP contribution in [0.15, 0.2) is 69.2 Å². The van der Waals surface area contributed by atoms with Crippen molar-refractivity contribution in [1.29, 1.82) is 0 Å². The van der Waals surface area contributed by atoms with Gasteiger partial charge in [0.2, 0.25) is 5.89 Å². The molecule has 0 fully saturated rings. The van der Waals surface area contributed by atoms with E-state index in [-0.39, 0.29) is 11.7 Å². The van der Waals surface area contributed by atoms with E-state index in [1.807, 2.05) is 66.2 Å². The van der Waals surface area contributed by atoms with Gasteiger partial charge in [-0.15, -0.1) is 10.2 Å². The van der Waals surface area contributed by atoms with Crippen LogP contribution in [-0.4, -0.2) is 26.4 Å². The van der Waals surface area contributed by atoms with Crippen LogP contribution in [0, 0.1) is 0 Å². The van der Waals surface area contributed by atoms with Crippen LogP contribution in [0.5, 0.6) is 0 Å². The Labute approximate surface area is 157 Å². The summed E-state index contributed by atoms with van der Waals surface area (Å²) in [5.41, 5.74) is 1.90. The van der Waals surface area contributed by atoms with Crippen LogP contribution >= 0.6 is 23.1 Å². The molecule has 6 nitrogen and oxygen atoms in total. The summed E-state index contributed by atoms with van der Waals surface area (Å²) in [5.74, 6) is 0.343. The van der Waals surface area contributed by atoms with Gasteiger partial charge in [-0.3, -0.25) is 4.79 Å². The zero-order chi connectivity index (χ0) is 17.9. The molecule has 0 aliphatic rings. The second-order valence-corrected chi connectivity index (χ2v) is 7.38. The first-order valence-corrected chi connectivity index (χ1v) is 9.65. The third kappa shape index (κ3) is 3.47. The summed E-state index contributed by atoms with van der Waals surface area (Å²) in [7, 11) is 1.90. The zero-order valence-electron chi connectivity index (χ0n) is 13.8. The van der Waals surface area contributed by atoms with Gasteiger partial charge in [0.25, 0.3) is 11.1 Å². The first-order valence-electron chi connectivity index (χ1n) is 7.84. The van der Waals surface area contributed by atoms with E-state index in [1.54, 1.807) is 0 Å². The molecule has 2 aromatic carbocycles. The van der Waals surface area contributed by atoms with E-state index < -0.39 is 0 Å². The van der Waals surface area contributed by atoms with Gasteiger partial charge < -0.3 is 8.98 Å². The van der Waals surface area contributed by atoms with Crippen molar-refractivity contribution < 1.29 is 9.21 Å². The second kappa shape index (κ2) is 7.27.